The van der Waals surface area contributed by atoms with Crippen molar-refractivity contribution in [1.29, 1.82) is 0 Å². The molecule has 0 N–H and O–H groups in total. The third-order valence-corrected chi connectivity index (χ3v) is 16.4. The van der Waals surface area contributed by atoms with Crippen molar-refractivity contribution in [1.82, 2.24) is 0 Å². The van der Waals surface area contributed by atoms with Crippen LogP contribution in [0.1, 0.15) is 22.3 Å². The molecule has 0 aliphatic heterocycles. The summed E-state index contributed by atoms with van der Waals surface area (Å²) >= 11 is 1.90. The largest absolute Gasteiger partial charge is 0.310 e. The van der Waals surface area contributed by atoms with Gasteiger partial charge in [0.2, 0.25) is 0 Å². The van der Waals surface area contributed by atoms with Crippen molar-refractivity contribution in [2.45, 2.75) is 5.41 Å². The molecule has 0 spiro atoms. The first-order valence-electron chi connectivity index (χ1n) is 25.2. The number of anilines is 3. The van der Waals surface area contributed by atoms with E-state index in [9.17, 15) is 0 Å². The van der Waals surface area contributed by atoms with Crippen LogP contribution in [0.25, 0.3) is 86.6 Å². The molecule has 1 heterocycles. The molecule has 1 aromatic heterocycles. The van der Waals surface area contributed by atoms with Crippen LogP contribution in [0.4, 0.5) is 17.1 Å². The highest BCUT2D eigenvalue weighted by molar-refractivity contribution is 7.26. The molecule has 0 saturated heterocycles. The van der Waals surface area contributed by atoms with Gasteiger partial charge in [-0.1, -0.05) is 243 Å². The summed E-state index contributed by atoms with van der Waals surface area (Å²) in [6, 6.07) is 105. The number of benzene rings is 12. The third-order valence-electron chi connectivity index (χ3n) is 15.2. The summed E-state index contributed by atoms with van der Waals surface area (Å²) in [6.45, 7) is 0. The van der Waals surface area contributed by atoms with Gasteiger partial charge in [-0.15, -0.1) is 11.3 Å². The van der Waals surface area contributed by atoms with Crippen LogP contribution in [-0.4, -0.2) is 0 Å². The minimum Gasteiger partial charge on any atom is -0.310 e. The lowest BCUT2D eigenvalue weighted by molar-refractivity contribution is 0.768. The standard InChI is InChI=1S/C71H47NS/c1-5-19-48(20-6-1)50-33-35-53(36-34-50)68-67(61-28-13-14-29-62(61)70-69(68)63-30-16-18-32-66(63)73-70)52-39-43-57(44-40-52)72(56-41-37-51(38-42-56)49-21-7-2-8-22-49)58-45-46-60-59-27-15-17-31-64(59)71(65(60)47-58,54-23-9-3-10-24-54)55-25-11-4-12-26-55/h1-47H. The second-order valence-electron chi connectivity index (χ2n) is 19.1. The van der Waals surface area contributed by atoms with Gasteiger partial charge in [0, 0.05) is 42.6 Å². The molecular weight excluding hydrogens is 899 g/mol. The van der Waals surface area contributed by atoms with Crippen LogP contribution >= 0.6 is 11.3 Å². The van der Waals surface area contributed by atoms with E-state index in [0.29, 0.717) is 0 Å². The lowest BCUT2D eigenvalue weighted by Gasteiger charge is -2.35. The van der Waals surface area contributed by atoms with Crippen molar-refractivity contribution < 1.29 is 0 Å². The molecule has 14 rings (SSSR count). The highest BCUT2D eigenvalue weighted by Gasteiger charge is 2.46. The van der Waals surface area contributed by atoms with Gasteiger partial charge in [-0.3, -0.25) is 0 Å². The molecule has 12 aromatic carbocycles. The normalized spacial score (nSPS) is 12.5. The summed E-state index contributed by atoms with van der Waals surface area (Å²) in [6.07, 6.45) is 0. The minimum absolute atomic E-state index is 0.529. The maximum Gasteiger partial charge on any atom is 0.0714 e. The smallest absolute Gasteiger partial charge is 0.0714 e. The zero-order valence-electron chi connectivity index (χ0n) is 40.0. The molecule has 1 nitrogen and oxygen atoms in total. The zero-order chi connectivity index (χ0) is 48.3. The Kier molecular flexibility index (Phi) is 10.3. The van der Waals surface area contributed by atoms with Crippen molar-refractivity contribution in [2.24, 2.45) is 0 Å². The van der Waals surface area contributed by atoms with E-state index in [1.165, 1.54) is 109 Å². The van der Waals surface area contributed by atoms with Gasteiger partial charge < -0.3 is 4.90 Å². The van der Waals surface area contributed by atoms with Gasteiger partial charge in [0.15, 0.2) is 0 Å². The molecule has 0 fully saturated rings. The highest BCUT2D eigenvalue weighted by Crippen LogP contribution is 2.58. The Morgan fingerprint density at radius 2 is 0.712 bits per heavy atom. The van der Waals surface area contributed by atoms with E-state index in [1.807, 2.05) is 11.3 Å². The summed E-state index contributed by atoms with van der Waals surface area (Å²) in [5, 5.41) is 5.13. The third kappa shape index (κ3) is 6.98. The molecule has 0 bridgehead atoms. The predicted octanol–water partition coefficient (Wildman–Crippen LogP) is 19.7. The molecule has 0 saturated carbocycles. The number of thiophene rings is 1. The zero-order valence-corrected chi connectivity index (χ0v) is 40.8. The fourth-order valence-electron chi connectivity index (χ4n) is 11.9. The SMILES string of the molecule is c1ccc(-c2ccc(-c3c(-c4ccc(N(c5ccc(-c6ccccc6)cc5)c5ccc6c(c5)C(c5ccccc5)(c5ccccc5)c5ccccc5-6)cc4)c4ccccc4c4sc5ccccc5c34)cc2)cc1. The molecule has 13 aromatic rings. The van der Waals surface area contributed by atoms with Crippen molar-refractivity contribution in [3.05, 3.63) is 307 Å². The van der Waals surface area contributed by atoms with Gasteiger partial charge in [-0.2, -0.15) is 0 Å². The number of hydrogen-bond donors (Lipinski definition) is 0. The van der Waals surface area contributed by atoms with E-state index in [1.54, 1.807) is 0 Å². The van der Waals surface area contributed by atoms with Crippen LogP contribution in [0.2, 0.25) is 0 Å². The average Bonchev–Trinajstić information content (AvgIpc) is 4.05. The first-order valence-corrected chi connectivity index (χ1v) is 26.0. The topological polar surface area (TPSA) is 3.24 Å². The molecule has 1 aliphatic carbocycles. The van der Waals surface area contributed by atoms with Gasteiger partial charge >= 0.3 is 0 Å². The summed E-state index contributed by atoms with van der Waals surface area (Å²) in [5.74, 6) is 0. The fraction of sp³-hybridized carbons (Fsp3) is 0.0141. The summed E-state index contributed by atoms with van der Waals surface area (Å²) in [4.78, 5) is 2.44. The van der Waals surface area contributed by atoms with Crippen LogP contribution in [-0.2, 0) is 5.41 Å². The maximum atomic E-state index is 2.47. The Balaban J connectivity index is 0.979. The van der Waals surface area contributed by atoms with Gasteiger partial charge in [-0.25, -0.2) is 0 Å². The summed E-state index contributed by atoms with van der Waals surface area (Å²) in [5.41, 5.74) is 20.0. The number of hydrogen-bond acceptors (Lipinski definition) is 2. The second-order valence-corrected chi connectivity index (χ2v) is 20.1. The van der Waals surface area contributed by atoms with E-state index in [2.05, 4.69) is 290 Å². The minimum atomic E-state index is -0.529. The van der Waals surface area contributed by atoms with Gasteiger partial charge in [0.25, 0.3) is 0 Å². The molecular formula is C71H47NS. The Labute approximate surface area is 430 Å². The van der Waals surface area contributed by atoms with E-state index < -0.39 is 5.41 Å². The lowest BCUT2D eigenvalue weighted by Crippen LogP contribution is -2.28. The maximum absolute atomic E-state index is 2.47. The van der Waals surface area contributed by atoms with Gasteiger partial charge in [0.05, 0.1) is 5.41 Å². The fourth-order valence-corrected chi connectivity index (χ4v) is 13.2. The van der Waals surface area contributed by atoms with Crippen LogP contribution < -0.4 is 4.90 Å². The van der Waals surface area contributed by atoms with E-state index >= 15 is 0 Å². The van der Waals surface area contributed by atoms with Crippen LogP contribution in [0.15, 0.2) is 285 Å². The van der Waals surface area contributed by atoms with Crippen LogP contribution in [0.5, 0.6) is 0 Å². The highest BCUT2D eigenvalue weighted by atomic mass is 32.1. The number of fused-ring (bicyclic) bond motifs is 8. The quantitative estimate of drug-likeness (QED) is 0.139. The van der Waals surface area contributed by atoms with E-state index in [0.717, 1.165) is 17.1 Å². The first kappa shape index (κ1) is 42.8. The van der Waals surface area contributed by atoms with Gasteiger partial charge in [-0.05, 0) is 126 Å². The van der Waals surface area contributed by atoms with Gasteiger partial charge in [0.1, 0.15) is 0 Å². The van der Waals surface area contributed by atoms with Crippen LogP contribution in [0, 0.1) is 0 Å². The molecule has 0 unspecified atom stereocenters. The Hall–Kier alpha value is -9.08. The Morgan fingerprint density at radius 3 is 1.33 bits per heavy atom. The predicted molar refractivity (Wildman–Crippen MR) is 311 cm³/mol. The van der Waals surface area contributed by atoms with Crippen molar-refractivity contribution >= 4 is 59.3 Å². The molecule has 342 valence electrons. The second kappa shape index (κ2) is 17.6. The van der Waals surface area contributed by atoms with Crippen molar-refractivity contribution in [2.75, 3.05) is 4.90 Å². The Bertz CT molecular complexity index is 4100. The lowest BCUT2D eigenvalue weighted by atomic mass is 9.67. The monoisotopic (exact) mass is 945 g/mol. The molecule has 2 heteroatoms. The average molecular weight is 946 g/mol. The van der Waals surface area contributed by atoms with Crippen LogP contribution in [0.3, 0.4) is 0 Å². The molecule has 0 amide bonds. The Morgan fingerprint density at radius 1 is 0.288 bits per heavy atom. The first-order chi connectivity index (χ1) is 36.2. The molecule has 0 radical (unpaired) electrons. The van der Waals surface area contributed by atoms with E-state index in [-0.39, 0.29) is 0 Å². The number of rotatable bonds is 9. The molecule has 73 heavy (non-hydrogen) atoms. The molecule has 0 atom stereocenters. The number of nitrogens with zero attached hydrogens (tertiary/aromatic N) is 1. The summed E-state index contributed by atoms with van der Waals surface area (Å²) in [7, 11) is 0. The van der Waals surface area contributed by atoms with Crippen molar-refractivity contribution in [3.8, 4) is 55.6 Å². The van der Waals surface area contributed by atoms with E-state index in [4.69, 9.17) is 0 Å². The van der Waals surface area contributed by atoms with Crippen molar-refractivity contribution in [3.63, 3.8) is 0 Å². The molecule has 1 aliphatic rings. The summed E-state index contributed by atoms with van der Waals surface area (Å²) < 4.78 is 2.62.